The first-order valence-corrected chi connectivity index (χ1v) is 1.71. The van der Waals surface area contributed by atoms with Gasteiger partial charge in [0.15, 0.2) is 0 Å². The Morgan fingerprint density at radius 3 is 1.71 bits per heavy atom. The zero-order valence-electron chi connectivity index (χ0n) is 3.47. The van der Waals surface area contributed by atoms with Crippen molar-refractivity contribution in [2.45, 2.75) is 0 Å². The highest BCUT2D eigenvalue weighted by molar-refractivity contribution is 6.25. The zero-order chi connectivity index (χ0) is 6.28. The van der Waals surface area contributed by atoms with Crippen molar-refractivity contribution < 1.29 is 15.0 Å². The maximum Gasteiger partial charge on any atom is 0.503 e. The molecule has 7 heavy (non-hydrogen) atoms. The van der Waals surface area contributed by atoms with Gasteiger partial charge in [0.2, 0.25) is 0 Å². The molecule has 0 unspecified atom stereocenters. The number of hydrogen-bond donors (Lipinski definition) is 2. The Bertz CT molecular complexity index is 57.2. The Labute approximate surface area is 45.8 Å². The molecule has 42 valence electrons. The van der Waals surface area contributed by atoms with Gasteiger partial charge in [-0.1, -0.05) is 18.2 Å². The molecule has 0 aromatic rings. The van der Waals surface area contributed by atoms with Gasteiger partial charge in [0.05, 0.1) is 0 Å². The lowest BCUT2D eigenvalue weighted by Crippen LogP contribution is -1.81. The summed E-state index contributed by atoms with van der Waals surface area (Å²) in [4.78, 5) is 8.56. The van der Waals surface area contributed by atoms with E-state index >= 15 is 0 Å². The van der Waals surface area contributed by atoms with E-state index in [-0.39, 0.29) is 0 Å². The van der Waals surface area contributed by atoms with Crippen molar-refractivity contribution in [2.24, 2.45) is 0 Å². The van der Waals surface area contributed by atoms with E-state index in [4.69, 9.17) is 26.6 Å². The quantitative estimate of drug-likeness (QED) is 0.516. The smallest absolute Gasteiger partial charge is 0.450 e. The summed E-state index contributed by atoms with van der Waals surface area (Å²) in [7, 11) is 0. The maximum atomic E-state index is 8.56. The summed E-state index contributed by atoms with van der Waals surface area (Å²) in [6.45, 7) is 3.13. The van der Waals surface area contributed by atoms with Crippen LogP contribution in [0, 0.1) is 0 Å². The van der Waals surface area contributed by atoms with Crippen molar-refractivity contribution in [3.63, 3.8) is 0 Å². The molecular weight excluding hydrogens is 119 g/mol. The van der Waals surface area contributed by atoms with E-state index in [2.05, 4.69) is 6.58 Å². The molecule has 0 heterocycles. The van der Waals surface area contributed by atoms with Gasteiger partial charge in [-0.15, -0.1) is 0 Å². The van der Waals surface area contributed by atoms with Gasteiger partial charge in [-0.3, -0.25) is 0 Å². The van der Waals surface area contributed by atoms with E-state index in [1.54, 1.807) is 0 Å². The molecule has 0 aliphatic rings. The second kappa shape index (κ2) is 9.00. The molecule has 0 aliphatic heterocycles. The minimum absolute atomic E-state index is 1.22. The number of rotatable bonds is 0. The van der Waals surface area contributed by atoms with E-state index in [1.807, 2.05) is 0 Å². The van der Waals surface area contributed by atoms with Crippen LogP contribution in [0.3, 0.4) is 0 Å². The average Bonchev–Trinajstić information content (AvgIpc) is 1.33. The number of hydrogen-bond acceptors (Lipinski definition) is 1. The maximum absolute atomic E-state index is 8.56. The Hall–Kier alpha value is -0.700. The van der Waals surface area contributed by atoms with Crippen LogP contribution in [-0.2, 0) is 0 Å². The molecule has 0 fully saturated rings. The third-order valence-corrected chi connectivity index (χ3v) is 0. The largest absolute Gasteiger partial charge is 0.503 e. The molecule has 0 saturated heterocycles. The molecule has 4 heteroatoms. The molecule has 2 N–H and O–H groups in total. The van der Waals surface area contributed by atoms with Crippen molar-refractivity contribution in [3.05, 3.63) is 12.1 Å². The lowest BCUT2D eigenvalue weighted by atomic mass is 11.3. The van der Waals surface area contributed by atoms with E-state index in [0.29, 0.717) is 0 Å². The summed E-state index contributed by atoms with van der Waals surface area (Å²) < 4.78 is 0. The molecule has 0 bridgehead atoms. The first-order valence-electron chi connectivity index (χ1n) is 1.28. The molecule has 0 amide bonds. The summed E-state index contributed by atoms with van der Waals surface area (Å²) in [6.07, 6.45) is -1.83. The van der Waals surface area contributed by atoms with Gasteiger partial charge in [0.25, 0.3) is 0 Å². The van der Waals surface area contributed by atoms with E-state index in [1.165, 1.54) is 5.54 Å². The molecule has 0 atom stereocenters. The summed E-state index contributed by atoms with van der Waals surface area (Å²) in [6, 6.07) is 0. The molecule has 0 aromatic carbocycles. The van der Waals surface area contributed by atoms with Gasteiger partial charge in [-0.25, -0.2) is 4.79 Å². The molecule has 0 aliphatic carbocycles. The van der Waals surface area contributed by atoms with Crippen molar-refractivity contribution >= 4 is 17.8 Å². The van der Waals surface area contributed by atoms with E-state index in [9.17, 15) is 0 Å². The van der Waals surface area contributed by atoms with Crippen molar-refractivity contribution in [2.75, 3.05) is 0 Å². The van der Waals surface area contributed by atoms with Gasteiger partial charge in [0, 0.05) is 0 Å². The topological polar surface area (TPSA) is 57.5 Å². The van der Waals surface area contributed by atoms with Crippen LogP contribution in [0.4, 0.5) is 4.79 Å². The van der Waals surface area contributed by atoms with E-state index < -0.39 is 6.16 Å². The highest BCUT2D eigenvalue weighted by atomic mass is 35.5. The Morgan fingerprint density at radius 1 is 1.71 bits per heavy atom. The second-order valence-electron chi connectivity index (χ2n) is 0.437. The Morgan fingerprint density at radius 2 is 1.71 bits per heavy atom. The summed E-state index contributed by atoms with van der Waals surface area (Å²) >= 11 is 4.76. The van der Waals surface area contributed by atoms with Gasteiger partial charge in [-0.2, -0.15) is 0 Å². The predicted molar refractivity (Wildman–Crippen MR) is 26.7 cm³/mol. The summed E-state index contributed by atoms with van der Waals surface area (Å²) in [5, 5.41) is 13.9. The third kappa shape index (κ3) is 118. The Kier molecular flexibility index (Phi) is 12.3. The fourth-order valence-corrected chi connectivity index (χ4v) is 0. The van der Waals surface area contributed by atoms with Crippen LogP contribution in [0.5, 0.6) is 0 Å². The normalized spacial score (nSPS) is 5.29. The second-order valence-corrected chi connectivity index (χ2v) is 0.745. The molecule has 3 nitrogen and oxygen atoms in total. The van der Waals surface area contributed by atoms with Crippen molar-refractivity contribution in [1.82, 2.24) is 0 Å². The number of halogens is 1. The Balaban J connectivity index is 0. The number of carboxylic acid groups (broad SMARTS) is 2. The standard InChI is InChI=1S/C2H3Cl.CH2O3/c1-2-3;2-1(3)4/h2H,1H2;(H2,2,3,4). The number of carbonyl (C=O) groups is 1. The third-order valence-electron chi connectivity index (χ3n) is 0. The van der Waals surface area contributed by atoms with Crippen LogP contribution in [0.1, 0.15) is 0 Å². The van der Waals surface area contributed by atoms with Crippen LogP contribution in [-0.4, -0.2) is 16.4 Å². The predicted octanol–water partition coefficient (Wildman–Crippen LogP) is 1.59. The SMILES string of the molecule is C=CCl.O=C(O)O. The van der Waals surface area contributed by atoms with Gasteiger partial charge in [0.1, 0.15) is 0 Å². The molecular formula is C3H5ClO3. The molecule has 0 aromatic heterocycles. The van der Waals surface area contributed by atoms with Crippen LogP contribution in [0.2, 0.25) is 0 Å². The van der Waals surface area contributed by atoms with Crippen LogP contribution >= 0.6 is 11.6 Å². The highest BCUT2D eigenvalue weighted by Gasteiger charge is 1.70. The zero-order valence-corrected chi connectivity index (χ0v) is 4.22. The first kappa shape index (κ1) is 9.57. The molecule has 0 spiro atoms. The first-order chi connectivity index (χ1) is 3.15. The minimum atomic E-state index is -1.83. The fourth-order valence-electron chi connectivity index (χ4n) is 0. The lowest BCUT2D eigenvalue weighted by Gasteiger charge is -1.60. The van der Waals surface area contributed by atoms with Crippen molar-refractivity contribution in [3.8, 4) is 0 Å². The summed E-state index contributed by atoms with van der Waals surface area (Å²) in [5.74, 6) is 0. The average molecular weight is 125 g/mol. The molecule has 0 rings (SSSR count). The minimum Gasteiger partial charge on any atom is -0.450 e. The summed E-state index contributed by atoms with van der Waals surface area (Å²) in [5.41, 5.74) is 1.22. The van der Waals surface area contributed by atoms with Gasteiger partial charge < -0.3 is 10.2 Å². The molecule has 0 saturated carbocycles. The highest BCUT2D eigenvalue weighted by Crippen LogP contribution is 1.60. The fraction of sp³-hybridized carbons (Fsp3) is 0. The van der Waals surface area contributed by atoms with Crippen LogP contribution in [0.15, 0.2) is 12.1 Å². The lowest BCUT2D eigenvalue weighted by molar-refractivity contribution is 0.137. The molecule has 0 radical (unpaired) electrons. The monoisotopic (exact) mass is 124 g/mol. The van der Waals surface area contributed by atoms with Crippen molar-refractivity contribution in [1.29, 1.82) is 0 Å². The van der Waals surface area contributed by atoms with Gasteiger partial charge in [-0.05, 0) is 5.54 Å². The van der Waals surface area contributed by atoms with E-state index in [0.717, 1.165) is 0 Å². The van der Waals surface area contributed by atoms with Gasteiger partial charge >= 0.3 is 6.16 Å². The van der Waals surface area contributed by atoms with Crippen LogP contribution < -0.4 is 0 Å². The van der Waals surface area contributed by atoms with Crippen LogP contribution in [0.25, 0.3) is 0 Å².